The van der Waals surface area contributed by atoms with E-state index in [1.807, 2.05) is 0 Å². The summed E-state index contributed by atoms with van der Waals surface area (Å²) in [6.45, 7) is 1.27. The number of aliphatic hydroxyl groups excluding tert-OH is 1. The van der Waals surface area contributed by atoms with E-state index < -0.39 is 0 Å². The van der Waals surface area contributed by atoms with Crippen molar-refractivity contribution in [3.8, 4) is 28.7 Å². The Kier molecular flexibility index (Phi) is 7.21. The van der Waals surface area contributed by atoms with Crippen molar-refractivity contribution in [1.29, 1.82) is 0 Å². The molecule has 2 aromatic carbocycles. The van der Waals surface area contributed by atoms with Gasteiger partial charge in [-0.25, -0.2) is 0 Å². The fraction of sp³-hybridized carbons (Fsp3) is 0.304. The van der Waals surface area contributed by atoms with Crippen molar-refractivity contribution in [2.45, 2.75) is 13.0 Å². The molecule has 1 amide bonds. The molecule has 9 heteroatoms. The normalized spacial score (nSPS) is 14.4. The maximum atomic E-state index is 12.8. The summed E-state index contributed by atoms with van der Waals surface area (Å²) in [5, 5.41) is 11.6. The fourth-order valence-electron chi connectivity index (χ4n) is 3.07. The minimum Gasteiger partial charge on any atom is -0.496 e. The Hall–Kier alpha value is -3.72. The molecule has 0 spiro atoms. The number of ether oxygens (including phenoxy) is 5. The first-order chi connectivity index (χ1) is 15.4. The van der Waals surface area contributed by atoms with Gasteiger partial charge in [-0.05, 0) is 31.2 Å². The number of nitrogens with one attached hydrogen (secondary N) is 1. The second-order valence-corrected chi connectivity index (χ2v) is 6.99. The summed E-state index contributed by atoms with van der Waals surface area (Å²) in [5.41, 5.74) is 0.953. The fourth-order valence-corrected chi connectivity index (χ4v) is 3.07. The van der Waals surface area contributed by atoms with Gasteiger partial charge in [0.2, 0.25) is 5.78 Å². The molecule has 1 aliphatic rings. The van der Waals surface area contributed by atoms with E-state index in [2.05, 4.69) is 5.32 Å². The molecule has 32 heavy (non-hydrogen) atoms. The number of Topliss-reactive ketones (excluding diaryl/α,β-unsaturated/α-hetero) is 1. The van der Waals surface area contributed by atoms with Crippen LogP contribution in [0, 0.1) is 0 Å². The first-order valence-corrected chi connectivity index (χ1v) is 9.81. The van der Waals surface area contributed by atoms with Gasteiger partial charge in [0.15, 0.2) is 23.9 Å². The zero-order valence-electron chi connectivity index (χ0n) is 18.3. The van der Waals surface area contributed by atoms with Crippen LogP contribution in [0.15, 0.2) is 36.1 Å². The van der Waals surface area contributed by atoms with Crippen molar-refractivity contribution in [2.24, 2.45) is 0 Å². The minimum absolute atomic E-state index is 0.109. The highest BCUT2D eigenvalue weighted by atomic mass is 16.5. The average molecular weight is 443 g/mol. The second-order valence-electron chi connectivity index (χ2n) is 6.99. The number of allylic oxidation sites excluding steroid dienone is 1. The van der Waals surface area contributed by atoms with Gasteiger partial charge in [0.05, 0.1) is 33.5 Å². The molecule has 0 aromatic heterocycles. The zero-order valence-corrected chi connectivity index (χ0v) is 18.3. The van der Waals surface area contributed by atoms with E-state index in [9.17, 15) is 9.59 Å². The molecule has 0 unspecified atom stereocenters. The molecule has 1 aliphatic heterocycles. The highest BCUT2D eigenvalue weighted by Crippen LogP contribution is 2.39. The second kappa shape index (κ2) is 10.1. The Morgan fingerprint density at radius 3 is 2.44 bits per heavy atom. The van der Waals surface area contributed by atoms with Gasteiger partial charge in [0, 0.05) is 23.7 Å². The van der Waals surface area contributed by atoms with Crippen LogP contribution in [0.25, 0.3) is 6.08 Å². The Bertz CT molecular complexity index is 1050. The molecule has 0 saturated carbocycles. The number of rotatable bonds is 9. The number of benzene rings is 2. The summed E-state index contributed by atoms with van der Waals surface area (Å²) in [7, 11) is 4.54. The third-order valence-electron chi connectivity index (χ3n) is 4.72. The number of fused-ring (bicyclic) bond motifs is 1. The topological polar surface area (TPSA) is 113 Å². The van der Waals surface area contributed by atoms with Crippen molar-refractivity contribution >= 4 is 17.8 Å². The molecule has 1 heterocycles. The number of hydrogen-bond acceptors (Lipinski definition) is 8. The molecule has 0 fully saturated rings. The molecule has 3 rings (SSSR count). The zero-order chi connectivity index (χ0) is 23.3. The number of carbonyl (C=O) groups is 2. The molecule has 0 radical (unpaired) electrons. The molecule has 1 atom stereocenters. The maximum Gasteiger partial charge on any atom is 0.258 e. The molecular formula is C23H25NO8. The molecule has 2 aromatic rings. The van der Waals surface area contributed by atoms with Crippen molar-refractivity contribution in [3.63, 3.8) is 0 Å². The third-order valence-corrected chi connectivity index (χ3v) is 4.72. The summed E-state index contributed by atoms with van der Waals surface area (Å²) in [5.74, 6) is 1.59. The molecule has 2 N–H and O–H groups in total. The monoisotopic (exact) mass is 443 g/mol. The van der Waals surface area contributed by atoms with Crippen LogP contribution in [0.1, 0.15) is 22.8 Å². The average Bonchev–Trinajstić information content (AvgIpc) is 3.11. The van der Waals surface area contributed by atoms with Gasteiger partial charge in [-0.15, -0.1) is 0 Å². The number of hydrogen-bond donors (Lipinski definition) is 2. The number of methoxy groups -OCH3 is 3. The van der Waals surface area contributed by atoms with Crippen LogP contribution in [0.3, 0.4) is 0 Å². The van der Waals surface area contributed by atoms with E-state index in [0.717, 1.165) is 0 Å². The lowest BCUT2D eigenvalue weighted by Crippen LogP contribution is -2.38. The van der Waals surface area contributed by atoms with Gasteiger partial charge in [-0.3, -0.25) is 9.59 Å². The molecular weight excluding hydrogens is 418 g/mol. The van der Waals surface area contributed by atoms with Crippen LogP contribution in [0.5, 0.6) is 28.7 Å². The lowest BCUT2D eigenvalue weighted by Gasteiger charge is -2.12. The highest BCUT2D eigenvalue weighted by Gasteiger charge is 2.28. The van der Waals surface area contributed by atoms with E-state index in [1.165, 1.54) is 21.3 Å². The number of amides is 1. The van der Waals surface area contributed by atoms with Crippen LogP contribution in [0.2, 0.25) is 0 Å². The number of ketones is 1. The lowest BCUT2D eigenvalue weighted by molar-refractivity contribution is -0.124. The minimum atomic E-state index is -0.370. The summed E-state index contributed by atoms with van der Waals surface area (Å²) < 4.78 is 27.2. The largest absolute Gasteiger partial charge is 0.496 e. The van der Waals surface area contributed by atoms with E-state index >= 15 is 0 Å². The summed E-state index contributed by atoms with van der Waals surface area (Å²) >= 11 is 0. The quantitative estimate of drug-likeness (QED) is 0.568. The Labute approximate surface area is 185 Å². The standard InChI is InChI=1S/C23H25NO8/c1-13(11-25)24-22(26)12-31-15-5-6-16-18(9-15)32-21(23(16)27)8-14-7-19(29-3)20(30-4)10-17(14)28-2/h5-10,13,25H,11-12H2,1-4H3,(H,24,26)/t13-/m0/s1. The van der Waals surface area contributed by atoms with Crippen LogP contribution in [0.4, 0.5) is 0 Å². The molecule has 9 nitrogen and oxygen atoms in total. The summed E-state index contributed by atoms with van der Waals surface area (Å²) in [6.07, 6.45) is 1.56. The van der Waals surface area contributed by atoms with Crippen molar-refractivity contribution in [2.75, 3.05) is 34.5 Å². The van der Waals surface area contributed by atoms with Crippen molar-refractivity contribution in [3.05, 3.63) is 47.2 Å². The van der Waals surface area contributed by atoms with Crippen molar-refractivity contribution in [1.82, 2.24) is 5.32 Å². The smallest absolute Gasteiger partial charge is 0.258 e. The van der Waals surface area contributed by atoms with E-state index in [-0.39, 0.29) is 36.7 Å². The van der Waals surface area contributed by atoms with Gasteiger partial charge in [-0.2, -0.15) is 0 Å². The van der Waals surface area contributed by atoms with Gasteiger partial charge in [0.1, 0.15) is 17.2 Å². The Morgan fingerprint density at radius 2 is 1.78 bits per heavy atom. The predicted octanol–water partition coefficient (Wildman–Crippen LogP) is 2.20. The van der Waals surface area contributed by atoms with E-state index in [4.69, 9.17) is 28.8 Å². The molecule has 0 aliphatic carbocycles. The first kappa shape index (κ1) is 23.0. The summed E-state index contributed by atoms with van der Waals surface area (Å²) in [4.78, 5) is 24.6. The van der Waals surface area contributed by atoms with Gasteiger partial charge >= 0.3 is 0 Å². The Balaban J connectivity index is 1.79. The first-order valence-electron chi connectivity index (χ1n) is 9.81. The lowest BCUT2D eigenvalue weighted by atomic mass is 10.1. The molecule has 0 bridgehead atoms. The van der Waals surface area contributed by atoms with Crippen LogP contribution in [-0.2, 0) is 4.79 Å². The predicted molar refractivity (Wildman–Crippen MR) is 116 cm³/mol. The van der Waals surface area contributed by atoms with Gasteiger partial charge < -0.3 is 34.1 Å². The Morgan fingerprint density at radius 1 is 1.09 bits per heavy atom. The molecule has 0 saturated heterocycles. The SMILES string of the molecule is COc1cc(OC)c(OC)cc1C=C1Oc2cc(OCC(=O)N[C@@H](C)CO)ccc2C1=O. The van der Waals surface area contributed by atoms with E-state index in [1.54, 1.807) is 43.3 Å². The summed E-state index contributed by atoms with van der Waals surface area (Å²) in [6, 6.07) is 7.68. The van der Waals surface area contributed by atoms with Crippen LogP contribution >= 0.6 is 0 Å². The van der Waals surface area contributed by atoms with E-state index in [0.29, 0.717) is 39.9 Å². The molecule has 170 valence electrons. The van der Waals surface area contributed by atoms with Crippen molar-refractivity contribution < 1.29 is 38.4 Å². The van der Waals surface area contributed by atoms with Gasteiger partial charge in [-0.1, -0.05) is 0 Å². The maximum absolute atomic E-state index is 12.8. The van der Waals surface area contributed by atoms with Gasteiger partial charge in [0.25, 0.3) is 5.91 Å². The van der Waals surface area contributed by atoms with Crippen LogP contribution < -0.4 is 29.0 Å². The van der Waals surface area contributed by atoms with Crippen LogP contribution in [-0.4, -0.2) is 57.4 Å². The number of aliphatic hydroxyl groups is 1. The highest BCUT2D eigenvalue weighted by molar-refractivity contribution is 6.14. The number of carbonyl (C=O) groups excluding carboxylic acids is 2. The third kappa shape index (κ3) is 4.94.